The quantitative estimate of drug-likeness (QED) is 0.180. The minimum absolute atomic E-state index is 0.130. The summed E-state index contributed by atoms with van der Waals surface area (Å²) in [6.45, 7) is 7.11. The highest BCUT2D eigenvalue weighted by atomic mass is 31.2. The topological polar surface area (TPSA) is 184 Å². The maximum atomic E-state index is 13.9. The average Bonchev–Trinajstić information content (AvgIpc) is 3.19. The van der Waals surface area contributed by atoms with Gasteiger partial charge in [0.25, 0.3) is 5.56 Å². The van der Waals surface area contributed by atoms with Crippen molar-refractivity contribution in [1.29, 1.82) is 0 Å². The molecule has 0 aliphatic carbocycles. The number of terminal acetylenes is 1. The Hall–Kier alpha value is -3.73. The summed E-state index contributed by atoms with van der Waals surface area (Å²) >= 11 is 0. The number of H-pyrrole nitrogens is 1. The summed E-state index contributed by atoms with van der Waals surface area (Å²) in [4.78, 5) is 51.2. The van der Waals surface area contributed by atoms with Gasteiger partial charge in [0.1, 0.15) is 17.9 Å². The van der Waals surface area contributed by atoms with Gasteiger partial charge in [-0.25, -0.2) is 9.36 Å². The van der Waals surface area contributed by atoms with E-state index in [1.165, 1.54) is 19.1 Å². The summed E-state index contributed by atoms with van der Waals surface area (Å²) in [6.07, 6.45) is 1.56. The first-order valence-corrected chi connectivity index (χ1v) is 14.6. The van der Waals surface area contributed by atoms with Gasteiger partial charge in [0.15, 0.2) is 12.3 Å². The molecule has 42 heavy (non-hydrogen) atoms. The molecule has 3 rings (SSSR count). The Morgan fingerprint density at radius 2 is 1.83 bits per heavy atom. The molecule has 6 atom stereocenters. The average molecular weight is 608 g/mol. The highest BCUT2D eigenvalue weighted by Gasteiger charge is 2.59. The van der Waals surface area contributed by atoms with E-state index in [0.717, 1.165) is 16.8 Å². The van der Waals surface area contributed by atoms with Crippen LogP contribution in [0.5, 0.6) is 5.75 Å². The van der Waals surface area contributed by atoms with Crippen LogP contribution in [0.3, 0.4) is 0 Å². The van der Waals surface area contributed by atoms with Gasteiger partial charge in [0.05, 0.1) is 18.6 Å². The van der Waals surface area contributed by atoms with Gasteiger partial charge in [-0.3, -0.25) is 28.5 Å². The van der Waals surface area contributed by atoms with Crippen molar-refractivity contribution in [2.45, 2.75) is 70.8 Å². The zero-order valence-electron chi connectivity index (χ0n) is 23.7. The van der Waals surface area contributed by atoms with Crippen LogP contribution in [0.2, 0.25) is 0 Å². The van der Waals surface area contributed by atoms with Crippen molar-refractivity contribution < 1.29 is 42.5 Å². The molecule has 1 aliphatic rings. The van der Waals surface area contributed by atoms with Crippen LogP contribution in [0.15, 0.2) is 52.2 Å². The predicted molar refractivity (Wildman–Crippen MR) is 148 cm³/mol. The number of para-hydroxylation sites is 1. The molecule has 2 aromatic rings. The minimum Gasteiger partial charge on any atom is -0.462 e. The number of hydrogen-bond acceptors (Lipinski definition) is 11. The van der Waals surface area contributed by atoms with Crippen LogP contribution in [0.25, 0.3) is 0 Å². The third-order valence-electron chi connectivity index (χ3n) is 5.94. The van der Waals surface area contributed by atoms with E-state index in [0.29, 0.717) is 0 Å². The number of rotatable bonds is 12. The van der Waals surface area contributed by atoms with Crippen molar-refractivity contribution in [1.82, 2.24) is 14.6 Å². The molecule has 1 aliphatic heterocycles. The van der Waals surface area contributed by atoms with Gasteiger partial charge in [-0.2, -0.15) is 5.09 Å². The van der Waals surface area contributed by atoms with Gasteiger partial charge in [0.2, 0.25) is 5.60 Å². The van der Waals surface area contributed by atoms with Crippen LogP contribution < -0.4 is 20.9 Å². The summed E-state index contributed by atoms with van der Waals surface area (Å²) in [5.74, 6) is 0.117. The second-order valence-electron chi connectivity index (χ2n) is 10.1. The number of hydrogen-bond donors (Lipinski definition) is 3. The van der Waals surface area contributed by atoms with Crippen molar-refractivity contribution in [2.75, 3.05) is 6.61 Å². The normalized spacial score (nSPS) is 24.0. The number of benzene rings is 1. The van der Waals surface area contributed by atoms with E-state index in [2.05, 4.69) is 11.0 Å². The summed E-state index contributed by atoms with van der Waals surface area (Å²) < 4.78 is 42.6. The molecule has 0 spiro atoms. The van der Waals surface area contributed by atoms with E-state index in [-0.39, 0.29) is 5.75 Å². The lowest BCUT2D eigenvalue weighted by Crippen LogP contribution is -2.50. The standard InChI is InChI=1S/C27H34N3O11P/c1-7-27(35)22(40-23(32)16(2)3)20(39-25(27)30-14-13-21(31)28-26(30)34)15-37-42(36,41-19-11-9-8-10-12-19)29-18(6)24(33)38-17(4)5/h1,8-14,16-18,20,22,25,35H,15H2,2-6H3,(H,29,36)(H,28,31,34)/t18-,20+,22+,25+,27+,42?/m0/s1. The zero-order chi connectivity index (χ0) is 31.2. The third kappa shape index (κ3) is 7.76. The molecular weight excluding hydrogens is 573 g/mol. The van der Waals surface area contributed by atoms with Gasteiger partial charge in [-0.05, 0) is 32.9 Å². The number of carbonyl (C=O) groups is 2. The minimum atomic E-state index is -4.41. The van der Waals surface area contributed by atoms with Crippen molar-refractivity contribution in [3.63, 3.8) is 0 Å². The van der Waals surface area contributed by atoms with Crippen LogP contribution in [0.4, 0.5) is 0 Å². The first kappa shape index (κ1) is 32.8. The predicted octanol–water partition coefficient (Wildman–Crippen LogP) is 1.50. The first-order valence-electron chi connectivity index (χ1n) is 13.0. The molecule has 1 unspecified atom stereocenters. The molecule has 0 radical (unpaired) electrons. The van der Waals surface area contributed by atoms with Gasteiger partial charge in [-0.1, -0.05) is 38.0 Å². The Morgan fingerprint density at radius 1 is 1.17 bits per heavy atom. The first-order chi connectivity index (χ1) is 19.7. The van der Waals surface area contributed by atoms with Gasteiger partial charge >= 0.3 is 25.4 Å². The Morgan fingerprint density at radius 3 is 2.40 bits per heavy atom. The van der Waals surface area contributed by atoms with Crippen molar-refractivity contribution in [3.8, 4) is 18.1 Å². The third-order valence-corrected chi connectivity index (χ3v) is 7.58. The number of esters is 2. The zero-order valence-corrected chi connectivity index (χ0v) is 24.6. The van der Waals surface area contributed by atoms with Crippen LogP contribution in [-0.2, 0) is 32.9 Å². The van der Waals surface area contributed by atoms with Crippen molar-refractivity contribution in [3.05, 3.63) is 63.4 Å². The van der Waals surface area contributed by atoms with Crippen molar-refractivity contribution >= 4 is 19.7 Å². The Bertz CT molecular complexity index is 1470. The maximum absolute atomic E-state index is 13.9. The molecule has 0 amide bonds. The lowest BCUT2D eigenvalue weighted by atomic mass is 9.94. The number of carbonyl (C=O) groups excluding carboxylic acids is 2. The molecule has 14 nitrogen and oxygen atoms in total. The smallest absolute Gasteiger partial charge is 0.459 e. The fraction of sp³-hybridized carbons (Fsp3) is 0.481. The Balaban J connectivity index is 1.97. The molecule has 3 N–H and O–H groups in total. The SMILES string of the molecule is C#C[C@@]1(O)[C@H](OC(=O)C(C)C)[C@@H](COP(=O)(N[C@@H](C)C(=O)OC(C)C)Oc2ccccc2)O[C@H]1n1ccc(=O)[nH]c1=O. The van der Waals surface area contributed by atoms with Crippen molar-refractivity contribution in [2.24, 2.45) is 5.92 Å². The summed E-state index contributed by atoms with van der Waals surface area (Å²) in [7, 11) is -4.41. The van der Waals surface area contributed by atoms with E-state index >= 15 is 0 Å². The Kier molecular flexibility index (Phi) is 10.5. The van der Waals surface area contributed by atoms with Crippen LogP contribution in [-0.4, -0.2) is 63.2 Å². The molecule has 1 saturated heterocycles. The molecule has 1 aromatic carbocycles. The molecule has 0 saturated carbocycles. The molecule has 228 valence electrons. The lowest BCUT2D eigenvalue weighted by molar-refractivity contribution is -0.164. The van der Waals surface area contributed by atoms with E-state index in [9.17, 15) is 28.8 Å². The van der Waals surface area contributed by atoms with Gasteiger partial charge < -0.3 is 23.8 Å². The molecule has 15 heteroatoms. The van der Waals surface area contributed by atoms with E-state index in [1.807, 2.05) is 4.98 Å². The summed E-state index contributed by atoms with van der Waals surface area (Å²) in [5.41, 5.74) is -4.11. The second-order valence-corrected chi connectivity index (χ2v) is 11.8. The van der Waals surface area contributed by atoms with E-state index in [4.69, 9.17) is 29.7 Å². The number of nitrogens with zero attached hydrogens (tertiary/aromatic N) is 1. The monoisotopic (exact) mass is 607 g/mol. The second kappa shape index (κ2) is 13.5. The van der Waals surface area contributed by atoms with Gasteiger partial charge in [0, 0.05) is 12.3 Å². The molecular formula is C27H34N3O11P. The number of aromatic amines is 1. The highest BCUT2D eigenvalue weighted by molar-refractivity contribution is 7.52. The van der Waals surface area contributed by atoms with Gasteiger partial charge in [-0.15, -0.1) is 6.42 Å². The fourth-order valence-corrected chi connectivity index (χ4v) is 5.37. The van der Waals surface area contributed by atoms with E-state index < -0.39 is 79.6 Å². The number of ether oxygens (including phenoxy) is 3. The Labute approximate surface area is 241 Å². The molecule has 2 heterocycles. The van der Waals surface area contributed by atoms with E-state index in [1.54, 1.807) is 45.9 Å². The fourth-order valence-electron chi connectivity index (χ4n) is 3.87. The molecule has 0 bridgehead atoms. The molecule has 1 fully saturated rings. The largest absolute Gasteiger partial charge is 0.462 e. The number of aromatic nitrogens is 2. The summed E-state index contributed by atoms with van der Waals surface area (Å²) in [5, 5.41) is 14.0. The van der Waals surface area contributed by atoms with Crippen LogP contribution in [0.1, 0.15) is 40.8 Å². The number of nitrogens with one attached hydrogen (secondary N) is 2. The van der Waals surface area contributed by atoms with Crippen LogP contribution >= 0.6 is 7.75 Å². The maximum Gasteiger partial charge on any atom is 0.459 e. The molecule has 1 aromatic heterocycles. The highest BCUT2D eigenvalue weighted by Crippen LogP contribution is 2.47. The summed E-state index contributed by atoms with van der Waals surface area (Å²) in [6, 6.07) is 7.80. The lowest BCUT2D eigenvalue weighted by Gasteiger charge is -2.30. The van der Waals surface area contributed by atoms with Crippen LogP contribution in [0, 0.1) is 18.3 Å². The number of aliphatic hydroxyl groups is 1.